The van der Waals surface area contributed by atoms with Crippen LogP contribution in [-0.4, -0.2) is 0 Å². The SMILES string of the molecule is CCCC(NCc1cc(F)cc(Cl)c1)c1cccs1. The molecule has 0 saturated carbocycles. The van der Waals surface area contributed by atoms with Gasteiger partial charge in [-0.15, -0.1) is 11.3 Å². The first kappa shape index (κ1) is 14.5. The van der Waals surface area contributed by atoms with Gasteiger partial charge in [-0.25, -0.2) is 4.39 Å². The Labute approximate surface area is 122 Å². The third kappa shape index (κ3) is 4.30. The molecule has 0 aliphatic carbocycles. The molecule has 1 atom stereocenters. The van der Waals surface area contributed by atoms with E-state index < -0.39 is 0 Å². The zero-order chi connectivity index (χ0) is 13.7. The second-order valence-electron chi connectivity index (χ2n) is 4.52. The van der Waals surface area contributed by atoms with Gasteiger partial charge in [-0.3, -0.25) is 0 Å². The van der Waals surface area contributed by atoms with Gasteiger partial charge in [0.15, 0.2) is 0 Å². The van der Waals surface area contributed by atoms with Crippen LogP contribution in [0.1, 0.15) is 36.2 Å². The lowest BCUT2D eigenvalue weighted by atomic mass is 10.1. The second-order valence-corrected chi connectivity index (χ2v) is 5.93. The predicted octanol–water partition coefficient (Wildman–Crippen LogP) is 5.17. The molecule has 1 N–H and O–H groups in total. The molecular weight excluding hydrogens is 281 g/mol. The molecule has 19 heavy (non-hydrogen) atoms. The van der Waals surface area contributed by atoms with Crippen LogP contribution in [0.4, 0.5) is 4.39 Å². The molecule has 1 nitrogen and oxygen atoms in total. The zero-order valence-electron chi connectivity index (χ0n) is 10.8. The summed E-state index contributed by atoms with van der Waals surface area (Å²) in [6.07, 6.45) is 2.18. The van der Waals surface area contributed by atoms with Crippen LogP contribution >= 0.6 is 22.9 Å². The van der Waals surface area contributed by atoms with Gasteiger partial charge in [0.05, 0.1) is 0 Å². The molecule has 0 aliphatic rings. The Hall–Kier alpha value is -0.900. The van der Waals surface area contributed by atoms with Crippen LogP contribution in [0.15, 0.2) is 35.7 Å². The molecule has 4 heteroatoms. The minimum Gasteiger partial charge on any atom is -0.305 e. The van der Waals surface area contributed by atoms with Gasteiger partial charge in [0, 0.05) is 22.5 Å². The van der Waals surface area contributed by atoms with E-state index in [0.717, 1.165) is 18.4 Å². The van der Waals surface area contributed by atoms with Gasteiger partial charge in [-0.2, -0.15) is 0 Å². The number of benzene rings is 1. The fraction of sp³-hybridized carbons (Fsp3) is 0.333. The number of nitrogens with one attached hydrogen (secondary N) is 1. The molecule has 1 unspecified atom stereocenters. The summed E-state index contributed by atoms with van der Waals surface area (Å²) in [5.41, 5.74) is 0.877. The number of halogens is 2. The average molecular weight is 298 g/mol. The third-order valence-electron chi connectivity index (χ3n) is 2.94. The van der Waals surface area contributed by atoms with Gasteiger partial charge in [0.2, 0.25) is 0 Å². The smallest absolute Gasteiger partial charge is 0.125 e. The maximum Gasteiger partial charge on any atom is 0.125 e. The van der Waals surface area contributed by atoms with Crippen molar-refractivity contribution >= 4 is 22.9 Å². The summed E-state index contributed by atoms with van der Waals surface area (Å²) in [7, 11) is 0. The minimum atomic E-state index is -0.285. The van der Waals surface area contributed by atoms with Crippen LogP contribution in [0.5, 0.6) is 0 Å². The molecule has 2 rings (SSSR count). The molecular formula is C15H17ClFNS. The van der Waals surface area contributed by atoms with Crippen molar-refractivity contribution in [3.8, 4) is 0 Å². The van der Waals surface area contributed by atoms with E-state index in [2.05, 4.69) is 29.8 Å². The summed E-state index contributed by atoms with van der Waals surface area (Å²) in [4.78, 5) is 1.32. The van der Waals surface area contributed by atoms with Crippen LogP contribution in [-0.2, 0) is 6.54 Å². The Balaban J connectivity index is 2.02. The average Bonchev–Trinajstić information content (AvgIpc) is 2.87. The Morgan fingerprint density at radius 2 is 2.21 bits per heavy atom. The van der Waals surface area contributed by atoms with E-state index in [-0.39, 0.29) is 5.82 Å². The quantitative estimate of drug-likeness (QED) is 0.775. The highest BCUT2D eigenvalue weighted by Gasteiger charge is 2.11. The minimum absolute atomic E-state index is 0.285. The first-order chi connectivity index (χ1) is 9.19. The molecule has 0 fully saturated rings. The highest BCUT2D eigenvalue weighted by Crippen LogP contribution is 2.24. The lowest BCUT2D eigenvalue weighted by Crippen LogP contribution is -2.20. The molecule has 0 saturated heterocycles. The van der Waals surface area contributed by atoms with Crippen molar-refractivity contribution in [2.75, 3.05) is 0 Å². The largest absolute Gasteiger partial charge is 0.305 e. The molecule has 0 aliphatic heterocycles. The summed E-state index contributed by atoms with van der Waals surface area (Å²) in [6, 6.07) is 9.17. The molecule has 0 radical (unpaired) electrons. The molecule has 1 heterocycles. The lowest BCUT2D eigenvalue weighted by molar-refractivity contribution is 0.499. The van der Waals surface area contributed by atoms with Crippen molar-refractivity contribution < 1.29 is 4.39 Å². The molecule has 1 aromatic carbocycles. The van der Waals surface area contributed by atoms with Crippen LogP contribution in [0.3, 0.4) is 0 Å². The summed E-state index contributed by atoms with van der Waals surface area (Å²) < 4.78 is 13.3. The van der Waals surface area contributed by atoms with Crippen molar-refractivity contribution in [3.63, 3.8) is 0 Å². The number of rotatable bonds is 6. The maximum absolute atomic E-state index is 13.3. The zero-order valence-corrected chi connectivity index (χ0v) is 12.4. The van der Waals surface area contributed by atoms with Gasteiger partial charge >= 0.3 is 0 Å². The van der Waals surface area contributed by atoms with E-state index in [0.29, 0.717) is 17.6 Å². The molecule has 0 bridgehead atoms. The first-order valence-corrected chi connectivity index (χ1v) is 7.66. The van der Waals surface area contributed by atoms with Crippen molar-refractivity contribution in [1.29, 1.82) is 0 Å². The normalized spacial score (nSPS) is 12.6. The Bertz CT molecular complexity index is 493. The van der Waals surface area contributed by atoms with Gasteiger partial charge in [-0.1, -0.05) is 31.0 Å². The summed E-state index contributed by atoms with van der Waals surface area (Å²) in [6.45, 7) is 2.79. The Morgan fingerprint density at radius 3 is 2.84 bits per heavy atom. The summed E-state index contributed by atoms with van der Waals surface area (Å²) in [5, 5.41) is 6.01. The molecule has 0 spiro atoms. The lowest BCUT2D eigenvalue weighted by Gasteiger charge is -2.17. The predicted molar refractivity (Wildman–Crippen MR) is 80.2 cm³/mol. The van der Waals surface area contributed by atoms with E-state index in [1.165, 1.54) is 17.0 Å². The van der Waals surface area contributed by atoms with E-state index in [1.807, 2.05) is 0 Å². The first-order valence-electron chi connectivity index (χ1n) is 6.40. The maximum atomic E-state index is 13.3. The van der Waals surface area contributed by atoms with Crippen LogP contribution in [0, 0.1) is 5.82 Å². The van der Waals surface area contributed by atoms with Gasteiger partial charge < -0.3 is 5.32 Å². The highest BCUT2D eigenvalue weighted by molar-refractivity contribution is 7.10. The molecule has 0 amide bonds. The number of hydrogen-bond donors (Lipinski definition) is 1. The molecule has 1 aromatic heterocycles. The topological polar surface area (TPSA) is 12.0 Å². The third-order valence-corrected chi connectivity index (χ3v) is 4.14. The van der Waals surface area contributed by atoms with Crippen molar-refractivity contribution in [3.05, 3.63) is 57.0 Å². The van der Waals surface area contributed by atoms with Gasteiger partial charge in [0.25, 0.3) is 0 Å². The van der Waals surface area contributed by atoms with Crippen LogP contribution in [0.25, 0.3) is 0 Å². The monoisotopic (exact) mass is 297 g/mol. The number of hydrogen-bond acceptors (Lipinski definition) is 2. The van der Waals surface area contributed by atoms with Gasteiger partial charge in [-0.05, 0) is 41.6 Å². The standard InChI is InChI=1S/C15H17ClFNS/c1-2-4-14(15-5-3-6-19-15)18-10-11-7-12(16)9-13(17)8-11/h3,5-9,14,18H,2,4,10H2,1H3. The summed E-state index contributed by atoms with van der Waals surface area (Å²) >= 11 is 7.61. The van der Waals surface area contributed by atoms with E-state index in [1.54, 1.807) is 17.4 Å². The molecule has 2 aromatic rings. The fourth-order valence-corrected chi connectivity index (χ4v) is 3.16. The van der Waals surface area contributed by atoms with Crippen LogP contribution < -0.4 is 5.32 Å². The Morgan fingerprint density at radius 1 is 1.37 bits per heavy atom. The van der Waals surface area contributed by atoms with E-state index in [4.69, 9.17) is 11.6 Å². The van der Waals surface area contributed by atoms with Crippen molar-refractivity contribution in [2.24, 2.45) is 0 Å². The van der Waals surface area contributed by atoms with Crippen molar-refractivity contribution in [1.82, 2.24) is 5.32 Å². The van der Waals surface area contributed by atoms with Crippen molar-refractivity contribution in [2.45, 2.75) is 32.4 Å². The second kappa shape index (κ2) is 7.04. The number of thiophene rings is 1. The van der Waals surface area contributed by atoms with E-state index >= 15 is 0 Å². The van der Waals surface area contributed by atoms with E-state index in [9.17, 15) is 4.39 Å². The Kier molecular flexibility index (Phi) is 5.37. The highest BCUT2D eigenvalue weighted by atomic mass is 35.5. The fourth-order valence-electron chi connectivity index (χ4n) is 2.08. The van der Waals surface area contributed by atoms with Crippen LogP contribution in [0.2, 0.25) is 5.02 Å². The molecule has 102 valence electrons. The summed E-state index contributed by atoms with van der Waals surface area (Å²) in [5.74, 6) is -0.285. The van der Waals surface area contributed by atoms with Gasteiger partial charge in [0.1, 0.15) is 5.82 Å².